The van der Waals surface area contributed by atoms with Crippen molar-refractivity contribution in [2.45, 2.75) is 33.6 Å². The van der Waals surface area contributed by atoms with Gasteiger partial charge in [-0.25, -0.2) is 0 Å². The zero-order chi connectivity index (χ0) is 14.5. The highest BCUT2D eigenvalue weighted by molar-refractivity contribution is 5.99. The molecule has 0 amide bonds. The Morgan fingerprint density at radius 2 is 1.90 bits per heavy atom. The highest BCUT2D eigenvalue weighted by Gasteiger charge is 2.34. The van der Waals surface area contributed by atoms with Crippen LogP contribution in [0.25, 0.3) is 5.69 Å². The second-order valence-corrected chi connectivity index (χ2v) is 6.41. The predicted molar refractivity (Wildman–Crippen MR) is 78.6 cm³/mol. The maximum Gasteiger partial charge on any atom is 0.165 e. The third kappa shape index (κ3) is 1.94. The zero-order valence-electron chi connectivity index (χ0n) is 12.1. The van der Waals surface area contributed by atoms with Crippen LogP contribution < -0.4 is 0 Å². The van der Waals surface area contributed by atoms with Crippen LogP contribution in [-0.4, -0.2) is 15.5 Å². The van der Waals surface area contributed by atoms with E-state index in [0.717, 1.165) is 29.1 Å². The number of Topliss-reactive ketones (excluding diaryl/α,β-unsaturated/α-hetero) is 1. The van der Waals surface area contributed by atoms with Gasteiger partial charge in [-0.15, -0.1) is 0 Å². The first-order valence-corrected chi connectivity index (χ1v) is 6.92. The van der Waals surface area contributed by atoms with Crippen LogP contribution in [0.3, 0.4) is 0 Å². The molecule has 1 aromatic heterocycles. The quantitative estimate of drug-likeness (QED) is 0.858. The molecule has 3 heteroatoms. The number of para-hydroxylation sites is 2. The molecule has 1 N–H and O–H groups in total. The zero-order valence-corrected chi connectivity index (χ0v) is 12.1. The Hall–Kier alpha value is -2.03. The normalized spacial score (nSPS) is 17.1. The van der Waals surface area contributed by atoms with Gasteiger partial charge in [0.15, 0.2) is 5.78 Å². The fourth-order valence-corrected chi connectivity index (χ4v) is 3.14. The lowest BCUT2D eigenvalue weighted by atomic mass is 9.76. The van der Waals surface area contributed by atoms with Gasteiger partial charge in [0.1, 0.15) is 5.75 Å². The first-order chi connectivity index (χ1) is 9.39. The largest absolute Gasteiger partial charge is 0.506 e. The molecule has 0 saturated heterocycles. The number of carbonyl (C=O) groups excluding carboxylic acids is 1. The molecule has 20 heavy (non-hydrogen) atoms. The lowest BCUT2D eigenvalue weighted by Crippen LogP contribution is -2.27. The van der Waals surface area contributed by atoms with Crippen LogP contribution in [0.15, 0.2) is 30.3 Å². The third-order valence-electron chi connectivity index (χ3n) is 3.99. The highest BCUT2D eigenvalue weighted by atomic mass is 16.3. The molecule has 1 heterocycles. The summed E-state index contributed by atoms with van der Waals surface area (Å²) in [4.78, 5) is 12.3. The van der Waals surface area contributed by atoms with Crippen molar-refractivity contribution in [1.82, 2.24) is 4.57 Å². The Kier molecular flexibility index (Phi) is 2.75. The van der Waals surface area contributed by atoms with E-state index in [0.29, 0.717) is 6.42 Å². The summed E-state index contributed by atoms with van der Waals surface area (Å²) < 4.78 is 2.02. The smallest absolute Gasteiger partial charge is 0.165 e. The fraction of sp³-hybridized carbons (Fsp3) is 0.353. The number of hydrogen-bond donors (Lipinski definition) is 1. The number of hydrogen-bond acceptors (Lipinski definition) is 2. The molecule has 0 saturated carbocycles. The maximum absolute atomic E-state index is 12.3. The molecule has 104 valence electrons. The standard InChI is InChI=1S/C17H19NO2/c1-11-8-12-14(9-17(2,3)10-16(12)20)18(11)13-6-4-5-7-15(13)19/h4-8,19H,9-10H2,1-3H3. The van der Waals surface area contributed by atoms with Gasteiger partial charge in [0.25, 0.3) is 0 Å². The summed E-state index contributed by atoms with van der Waals surface area (Å²) in [6.45, 7) is 6.21. The second kappa shape index (κ2) is 4.23. The molecule has 0 radical (unpaired) electrons. The number of aryl methyl sites for hydroxylation is 1. The minimum atomic E-state index is -0.0307. The summed E-state index contributed by atoms with van der Waals surface area (Å²) in [6, 6.07) is 9.21. The molecule has 3 rings (SSSR count). The van der Waals surface area contributed by atoms with E-state index in [4.69, 9.17) is 0 Å². The topological polar surface area (TPSA) is 42.2 Å². The number of fused-ring (bicyclic) bond motifs is 1. The van der Waals surface area contributed by atoms with Crippen LogP contribution in [0.5, 0.6) is 5.75 Å². The molecule has 0 fully saturated rings. The summed E-state index contributed by atoms with van der Waals surface area (Å²) in [5.41, 5.74) is 3.53. The van der Waals surface area contributed by atoms with E-state index in [2.05, 4.69) is 13.8 Å². The van der Waals surface area contributed by atoms with Crippen LogP contribution in [0.1, 0.15) is 42.0 Å². The number of benzene rings is 1. The number of phenols is 1. The molecular weight excluding hydrogens is 250 g/mol. The van der Waals surface area contributed by atoms with E-state index in [-0.39, 0.29) is 16.9 Å². The molecule has 0 unspecified atom stereocenters. The van der Waals surface area contributed by atoms with Crippen molar-refractivity contribution < 1.29 is 9.90 Å². The van der Waals surface area contributed by atoms with Gasteiger partial charge in [-0.05, 0) is 37.0 Å². The van der Waals surface area contributed by atoms with Crippen molar-refractivity contribution >= 4 is 5.78 Å². The van der Waals surface area contributed by atoms with Gasteiger partial charge in [0.05, 0.1) is 5.69 Å². The van der Waals surface area contributed by atoms with E-state index in [1.54, 1.807) is 12.1 Å². The first kappa shape index (κ1) is 13.0. The van der Waals surface area contributed by atoms with Gasteiger partial charge in [0.2, 0.25) is 0 Å². The SMILES string of the molecule is Cc1cc2c(n1-c1ccccc1O)CC(C)(C)CC2=O. The summed E-state index contributed by atoms with van der Waals surface area (Å²) >= 11 is 0. The van der Waals surface area contributed by atoms with Gasteiger partial charge in [-0.3, -0.25) is 4.79 Å². The number of rotatable bonds is 1. The van der Waals surface area contributed by atoms with Gasteiger partial charge in [-0.2, -0.15) is 0 Å². The number of aromatic hydroxyl groups is 1. The first-order valence-electron chi connectivity index (χ1n) is 6.92. The van der Waals surface area contributed by atoms with E-state index in [1.807, 2.05) is 29.7 Å². The molecule has 1 aromatic carbocycles. The maximum atomic E-state index is 12.3. The summed E-state index contributed by atoms with van der Waals surface area (Å²) in [5, 5.41) is 10.1. The minimum Gasteiger partial charge on any atom is -0.506 e. The van der Waals surface area contributed by atoms with E-state index in [1.165, 1.54) is 0 Å². The Bertz CT molecular complexity index is 695. The average Bonchev–Trinajstić information content (AvgIpc) is 2.66. The van der Waals surface area contributed by atoms with Crippen molar-refractivity contribution in [2.75, 3.05) is 0 Å². The summed E-state index contributed by atoms with van der Waals surface area (Å²) in [5.74, 6) is 0.443. The van der Waals surface area contributed by atoms with Crippen molar-refractivity contribution in [3.63, 3.8) is 0 Å². The average molecular weight is 269 g/mol. The molecule has 3 nitrogen and oxygen atoms in total. The monoisotopic (exact) mass is 269 g/mol. The van der Waals surface area contributed by atoms with Gasteiger partial charge in [0, 0.05) is 23.4 Å². The molecular formula is C17H19NO2. The summed E-state index contributed by atoms with van der Waals surface area (Å²) in [6.07, 6.45) is 1.43. The van der Waals surface area contributed by atoms with Crippen molar-refractivity contribution in [1.29, 1.82) is 0 Å². The Morgan fingerprint density at radius 1 is 1.20 bits per heavy atom. The van der Waals surface area contributed by atoms with Crippen molar-refractivity contribution in [2.24, 2.45) is 5.41 Å². The predicted octanol–water partition coefficient (Wildman–Crippen LogP) is 3.65. The number of ketones is 1. The second-order valence-electron chi connectivity index (χ2n) is 6.41. The number of nitrogens with zero attached hydrogens (tertiary/aromatic N) is 1. The highest BCUT2D eigenvalue weighted by Crippen LogP contribution is 2.38. The van der Waals surface area contributed by atoms with E-state index in [9.17, 15) is 9.90 Å². The molecule has 1 aliphatic carbocycles. The van der Waals surface area contributed by atoms with Gasteiger partial charge < -0.3 is 9.67 Å². The van der Waals surface area contributed by atoms with Crippen LogP contribution in [0.2, 0.25) is 0 Å². The van der Waals surface area contributed by atoms with Gasteiger partial charge >= 0.3 is 0 Å². The Morgan fingerprint density at radius 3 is 2.60 bits per heavy atom. The molecule has 0 atom stereocenters. The Balaban J connectivity index is 2.24. The molecule has 1 aliphatic rings. The molecule has 0 spiro atoms. The van der Waals surface area contributed by atoms with Gasteiger partial charge in [-0.1, -0.05) is 26.0 Å². The minimum absolute atomic E-state index is 0.0307. The molecule has 0 aliphatic heterocycles. The number of carbonyl (C=O) groups is 1. The lowest BCUT2D eigenvalue weighted by molar-refractivity contribution is 0.0911. The Labute approximate surface area is 118 Å². The lowest BCUT2D eigenvalue weighted by Gasteiger charge is -2.30. The molecule has 2 aromatic rings. The number of aromatic nitrogens is 1. The van der Waals surface area contributed by atoms with Crippen LogP contribution in [-0.2, 0) is 6.42 Å². The van der Waals surface area contributed by atoms with Crippen LogP contribution in [0, 0.1) is 12.3 Å². The molecule has 0 bridgehead atoms. The third-order valence-corrected chi connectivity index (χ3v) is 3.99. The van der Waals surface area contributed by atoms with Crippen LogP contribution >= 0.6 is 0 Å². The number of phenolic OH excluding ortho intramolecular Hbond substituents is 1. The van der Waals surface area contributed by atoms with E-state index >= 15 is 0 Å². The fourth-order valence-electron chi connectivity index (χ4n) is 3.14. The van der Waals surface area contributed by atoms with Crippen molar-refractivity contribution in [3.8, 4) is 11.4 Å². The van der Waals surface area contributed by atoms with Crippen molar-refractivity contribution in [3.05, 3.63) is 47.3 Å². The van der Waals surface area contributed by atoms with Crippen LogP contribution in [0.4, 0.5) is 0 Å². The summed E-state index contributed by atoms with van der Waals surface area (Å²) in [7, 11) is 0. The van der Waals surface area contributed by atoms with E-state index < -0.39 is 0 Å².